The molecule has 3 aromatic rings. The van der Waals surface area contributed by atoms with Crippen LogP contribution in [0.1, 0.15) is 27.3 Å². The highest BCUT2D eigenvalue weighted by Gasteiger charge is 2.14. The molecule has 160 valence electrons. The normalized spacial score (nSPS) is 11.1. The van der Waals surface area contributed by atoms with Crippen LogP contribution in [0.5, 0.6) is 0 Å². The number of aryl methyl sites for hydroxylation is 2. The topological polar surface area (TPSA) is 93.1 Å². The van der Waals surface area contributed by atoms with Gasteiger partial charge in [0.15, 0.2) is 0 Å². The molecule has 0 aliphatic rings. The van der Waals surface area contributed by atoms with Crippen molar-refractivity contribution in [3.8, 4) is 18.0 Å². The second-order valence-electron chi connectivity index (χ2n) is 7.06. The van der Waals surface area contributed by atoms with Gasteiger partial charge in [-0.3, -0.25) is 4.79 Å². The second-order valence-corrected chi connectivity index (χ2v) is 8.83. The minimum Gasteiger partial charge on any atom is -0.352 e. The van der Waals surface area contributed by atoms with Crippen LogP contribution in [0.2, 0.25) is 0 Å². The molecule has 1 aromatic heterocycles. The summed E-state index contributed by atoms with van der Waals surface area (Å²) in [5.41, 5.74) is 4.51. The Kier molecular flexibility index (Phi) is 6.90. The standard InChI is InChI=1S/C23H24N4O3S/c1-4-14-25-31(29,30)22-11-7-20(8-12-22)23(28)24-15-13-19-5-9-21(10-6-19)27-18(3)16-17(2)26-27/h1,5-12,16,25H,13-15H2,2-3H3,(H,24,28). The van der Waals surface area contributed by atoms with Crippen molar-refractivity contribution in [3.05, 3.63) is 77.1 Å². The van der Waals surface area contributed by atoms with E-state index < -0.39 is 10.0 Å². The van der Waals surface area contributed by atoms with E-state index in [0.29, 0.717) is 18.5 Å². The van der Waals surface area contributed by atoms with Gasteiger partial charge in [-0.25, -0.2) is 13.1 Å². The highest BCUT2D eigenvalue weighted by atomic mass is 32.2. The number of sulfonamides is 1. The first-order chi connectivity index (χ1) is 14.8. The molecule has 31 heavy (non-hydrogen) atoms. The molecule has 0 unspecified atom stereocenters. The van der Waals surface area contributed by atoms with Crippen molar-refractivity contribution in [2.75, 3.05) is 13.1 Å². The van der Waals surface area contributed by atoms with Crippen molar-refractivity contribution in [3.63, 3.8) is 0 Å². The number of nitrogens with zero attached hydrogens (tertiary/aromatic N) is 2. The zero-order valence-corrected chi connectivity index (χ0v) is 18.2. The number of carbonyl (C=O) groups is 1. The molecule has 8 heteroatoms. The number of amides is 1. The lowest BCUT2D eigenvalue weighted by Gasteiger charge is -2.08. The van der Waals surface area contributed by atoms with Crippen molar-refractivity contribution in [1.29, 1.82) is 0 Å². The Balaban J connectivity index is 1.54. The quantitative estimate of drug-likeness (QED) is 0.530. The summed E-state index contributed by atoms with van der Waals surface area (Å²) >= 11 is 0. The van der Waals surface area contributed by atoms with Gasteiger partial charge in [-0.1, -0.05) is 18.1 Å². The molecule has 3 rings (SSSR count). The summed E-state index contributed by atoms with van der Waals surface area (Å²) in [7, 11) is -3.67. The molecular formula is C23H24N4O3S. The first-order valence-electron chi connectivity index (χ1n) is 9.74. The first kappa shape index (κ1) is 22.3. The Bertz CT molecular complexity index is 1210. The minimum atomic E-state index is -3.67. The highest BCUT2D eigenvalue weighted by molar-refractivity contribution is 7.89. The second kappa shape index (κ2) is 9.60. The van der Waals surface area contributed by atoms with E-state index in [9.17, 15) is 13.2 Å². The highest BCUT2D eigenvalue weighted by Crippen LogP contribution is 2.14. The summed E-state index contributed by atoms with van der Waals surface area (Å²) in [5, 5.41) is 7.32. The fourth-order valence-corrected chi connectivity index (χ4v) is 4.06. The number of rotatable bonds is 8. The molecule has 0 spiro atoms. The van der Waals surface area contributed by atoms with Gasteiger partial charge in [-0.2, -0.15) is 9.82 Å². The van der Waals surface area contributed by atoms with Gasteiger partial charge in [0.1, 0.15) is 0 Å². The van der Waals surface area contributed by atoms with Gasteiger partial charge in [-0.05, 0) is 68.3 Å². The Morgan fingerprint density at radius 3 is 2.35 bits per heavy atom. The zero-order valence-electron chi connectivity index (χ0n) is 17.4. The average Bonchev–Trinajstić information content (AvgIpc) is 3.10. The Hall–Kier alpha value is -3.41. The SMILES string of the molecule is C#CCNS(=O)(=O)c1ccc(C(=O)NCCc2ccc(-n3nc(C)cc3C)cc2)cc1. The third-order valence-corrected chi connectivity index (χ3v) is 6.10. The molecule has 0 aliphatic heterocycles. The molecule has 0 saturated heterocycles. The summed E-state index contributed by atoms with van der Waals surface area (Å²) < 4.78 is 28.2. The summed E-state index contributed by atoms with van der Waals surface area (Å²) in [6, 6.07) is 15.8. The summed E-state index contributed by atoms with van der Waals surface area (Å²) in [4.78, 5) is 12.4. The van der Waals surface area contributed by atoms with Gasteiger partial charge in [0.25, 0.3) is 5.91 Å². The summed E-state index contributed by atoms with van der Waals surface area (Å²) in [5.74, 6) is 1.95. The van der Waals surface area contributed by atoms with Gasteiger partial charge in [0.05, 0.1) is 22.8 Å². The van der Waals surface area contributed by atoms with Crippen LogP contribution in [-0.4, -0.2) is 37.2 Å². The van der Waals surface area contributed by atoms with Crippen LogP contribution in [0.15, 0.2) is 59.5 Å². The lowest BCUT2D eigenvalue weighted by Crippen LogP contribution is -2.26. The largest absolute Gasteiger partial charge is 0.352 e. The maximum absolute atomic E-state index is 12.3. The van der Waals surface area contributed by atoms with Crippen LogP contribution >= 0.6 is 0 Å². The third kappa shape index (κ3) is 5.60. The van der Waals surface area contributed by atoms with Crippen LogP contribution < -0.4 is 10.0 Å². The first-order valence-corrected chi connectivity index (χ1v) is 11.2. The van der Waals surface area contributed by atoms with E-state index in [2.05, 4.69) is 21.1 Å². The maximum atomic E-state index is 12.3. The summed E-state index contributed by atoms with van der Waals surface area (Å²) in [6.07, 6.45) is 5.75. The van der Waals surface area contributed by atoms with Gasteiger partial charge in [0.2, 0.25) is 10.0 Å². The van der Waals surface area contributed by atoms with E-state index in [-0.39, 0.29) is 17.3 Å². The molecule has 0 bridgehead atoms. The van der Waals surface area contributed by atoms with Crippen molar-refractivity contribution in [2.45, 2.75) is 25.2 Å². The van der Waals surface area contributed by atoms with E-state index in [0.717, 1.165) is 22.6 Å². The maximum Gasteiger partial charge on any atom is 0.251 e. The molecule has 2 aromatic carbocycles. The molecule has 0 fully saturated rings. The Labute approximate surface area is 182 Å². The van der Waals surface area contributed by atoms with E-state index >= 15 is 0 Å². The smallest absolute Gasteiger partial charge is 0.251 e. The lowest BCUT2D eigenvalue weighted by atomic mass is 10.1. The molecule has 0 atom stereocenters. The van der Waals surface area contributed by atoms with Gasteiger partial charge >= 0.3 is 0 Å². The van der Waals surface area contributed by atoms with E-state index in [1.165, 1.54) is 24.3 Å². The zero-order chi connectivity index (χ0) is 22.4. The monoisotopic (exact) mass is 436 g/mol. The Morgan fingerprint density at radius 2 is 1.77 bits per heavy atom. The van der Waals surface area contributed by atoms with Crippen LogP contribution in [-0.2, 0) is 16.4 Å². The molecule has 0 aliphatic carbocycles. The number of hydrogen-bond donors (Lipinski definition) is 2. The number of nitrogens with one attached hydrogen (secondary N) is 2. The average molecular weight is 437 g/mol. The number of hydrogen-bond acceptors (Lipinski definition) is 4. The number of carbonyl (C=O) groups excluding carboxylic acids is 1. The molecule has 0 saturated carbocycles. The van der Waals surface area contributed by atoms with E-state index in [1.807, 2.05) is 48.9 Å². The van der Waals surface area contributed by atoms with Crippen LogP contribution in [0.3, 0.4) is 0 Å². The van der Waals surface area contributed by atoms with Crippen molar-refractivity contribution in [1.82, 2.24) is 19.8 Å². The van der Waals surface area contributed by atoms with Gasteiger partial charge < -0.3 is 5.32 Å². The molecular weight excluding hydrogens is 412 g/mol. The number of aromatic nitrogens is 2. The van der Waals surface area contributed by atoms with Gasteiger partial charge in [0, 0.05) is 17.8 Å². The van der Waals surface area contributed by atoms with Crippen LogP contribution in [0.25, 0.3) is 5.69 Å². The van der Waals surface area contributed by atoms with Gasteiger partial charge in [-0.15, -0.1) is 6.42 Å². The predicted molar refractivity (Wildman–Crippen MR) is 120 cm³/mol. The molecule has 1 amide bonds. The summed E-state index contributed by atoms with van der Waals surface area (Å²) in [6.45, 7) is 4.34. The molecule has 7 nitrogen and oxygen atoms in total. The molecule has 1 heterocycles. The predicted octanol–water partition coefficient (Wildman–Crippen LogP) is 2.37. The van der Waals surface area contributed by atoms with Crippen LogP contribution in [0, 0.1) is 26.2 Å². The lowest BCUT2D eigenvalue weighted by molar-refractivity contribution is 0.0954. The fourth-order valence-electron chi connectivity index (χ4n) is 3.12. The molecule has 2 N–H and O–H groups in total. The molecule has 0 radical (unpaired) electrons. The third-order valence-electron chi connectivity index (χ3n) is 4.68. The van der Waals surface area contributed by atoms with Crippen molar-refractivity contribution >= 4 is 15.9 Å². The fraction of sp³-hybridized carbons (Fsp3) is 0.217. The Morgan fingerprint density at radius 1 is 1.10 bits per heavy atom. The minimum absolute atomic E-state index is 0.0574. The van der Waals surface area contributed by atoms with Crippen molar-refractivity contribution in [2.24, 2.45) is 0 Å². The van der Waals surface area contributed by atoms with E-state index in [4.69, 9.17) is 6.42 Å². The van der Waals surface area contributed by atoms with E-state index in [1.54, 1.807) is 0 Å². The number of terminal acetylenes is 1. The number of benzene rings is 2. The van der Waals surface area contributed by atoms with Crippen LogP contribution in [0.4, 0.5) is 0 Å². The van der Waals surface area contributed by atoms with Crippen molar-refractivity contribution < 1.29 is 13.2 Å².